The highest BCUT2D eigenvalue weighted by molar-refractivity contribution is 6.01. The second-order valence-electron chi connectivity index (χ2n) is 13.3. The first-order chi connectivity index (χ1) is 21.7. The van der Waals surface area contributed by atoms with E-state index in [9.17, 15) is 14.4 Å². The lowest BCUT2D eigenvalue weighted by molar-refractivity contribution is 0.0545. The van der Waals surface area contributed by atoms with Crippen LogP contribution in [0.3, 0.4) is 0 Å². The van der Waals surface area contributed by atoms with Crippen LogP contribution in [0.15, 0.2) is 59.6 Å². The number of aliphatic imine (C=N–C) groups is 1. The smallest absolute Gasteiger partial charge is 0.414 e. The molecule has 2 N–H and O–H groups in total. The van der Waals surface area contributed by atoms with E-state index in [0.29, 0.717) is 12.5 Å². The number of alkyl carbamates (subject to hydrolysis) is 2. The Morgan fingerprint density at radius 3 is 1.78 bits per heavy atom. The monoisotopic (exact) mass is 637 g/mol. The van der Waals surface area contributed by atoms with E-state index in [1.165, 1.54) is 19.3 Å². The molecule has 0 spiro atoms. The Balaban J connectivity index is 0.00000361. The number of benzene rings is 2. The predicted octanol–water partition coefficient (Wildman–Crippen LogP) is 8.26. The lowest BCUT2D eigenvalue weighted by Gasteiger charge is -2.33. The SMILES string of the molecule is CC.CN(C(=O)N(Cc1ccc(CN=C(NC(=O)OC(C)(C)C)NC(=O)OC(C)(C)C)cc1)CC1CCCCC1)c1ccccc1. The van der Waals surface area contributed by atoms with Gasteiger partial charge in [-0.25, -0.2) is 19.4 Å². The third kappa shape index (κ3) is 14.3. The molecule has 3 rings (SSSR count). The van der Waals surface area contributed by atoms with Crippen molar-refractivity contribution >= 4 is 29.9 Å². The summed E-state index contributed by atoms with van der Waals surface area (Å²) in [6.45, 7) is 15.9. The molecule has 0 unspecified atom stereocenters. The maximum Gasteiger partial charge on any atom is 0.414 e. The maximum atomic E-state index is 13.7. The first kappa shape index (κ1) is 38.1. The van der Waals surface area contributed by atoms with Gasteiger partial charge in [0, 0.05) is 25.8 Å². The molecular formula is C36H55N5O5. The number of guanidine groups is 1. The molecule has 1 aliphatic rings. The van der Waals surface area contributed by atoms with Crippen molar-refractivity contribution in [3.05, 3.63) is 65.7 Å². The van der Waals surface area contributed by atoms with E-state index in [-0.39, 0.29) is 18.5 Å². The molecule has 0 heterocycles. The van der Waals surface area contributed by atoms with Gasteiger partial charge in [-0.1, -0.05) is 75.6 Å². The number of amides is 4. The Kier molecular flexibility index (Phi) is 15.0. The standard InChI is InChI=1S/C34H49N5O5.C2H6/c1-33(2,3)43-30(40)36-29(37-31(41)44-34(4,5)6)35-22-25-18-20-27(21-19-25)24-39(23-26-14-10-8-11-15-26)32(42)38(7)28-16-12-9-13-17-28;1-2/h9,12-13,16-21,26H,8,10-11,14-15,22-24H2,1-7H3,(H2,35,36,37,40,41);1-2H3. The zero-order chi connectivity index (χ0) is 34.3. The highest BCUT2D eigenvalue weighted by Crippen LogP contribution is 2.26. The molecule has 10 heteroatoms. The minimum atomic E-state index is -0.745. The van der Waals surface area contributed by atoms with Crippen LogP contribution < -0.4 is 15.5 Å². The van der Waals surface area contributed by atoms with Crippen molar-refractivity contribution < 1.29 is 23.9 Å². The van der Waals surface area contributed by atoms with Gasteiger partial charge in [0.25, 0.3) is 0 Å². The average molecular weight is 638 g/mol. The van der Waals surface area contributed by atoms with Crippen LogP contribution in [-0.2, 0) is 22.6 Å². The van der Waals surface area contributed by atoms with Gasteiger partial charge in [0.2, 0.25) is 5.96 Å². The molecule has 4 amide bonds. The number of rotatable bonds is 7. The highest BCUT2D eigenvalue weighted by atomic mass is 16.6. The third-order valence-corrected chi connectivity index (χ3v) is 6.96. The van der Waals surface area contributed by atoms with Crippen LogP contribution in [0.5, 0.6) is 0 Å². The summed E-state index contributed by atoms with van der Waals surface area (Å²) in [6, 6.07) is 17.5. The number of para-hydroxylation sites is 1. The molecule has 1 saturated carbocycles. The van der Waals surface area contributed by atoms with Crippen LogP contribution in [0.2, 0.25) is 0 Å². The maximum absolute atomic E-state index is 13.7. The topological polar surface area (TPSA) is 113 Å². The van der Waals surface area contributed by atoms with E-state index in [2.05, 4.69) is 15.6 Å². The third-order valence-electron chi connectivity index (χ3n) is 6.96. The second-order valence-corrected chi connectivity index (χ2v) is 13.3. The quantitative estimate of drug-likeness (QED) is 0.234. The zero-order valence-corrected chi connectivity index (χ0v) is 29.3. The van der Waals surface area contributed by atoms with E-state index in [1.807, 2.05) is 80.4 Å². The summed E-state index contributed by atoms with van der Waals surface area (Å²) < 4.78 is 10.6. The average Bonchev–Trinajstić information content (AvgIpc) is 2.99. The van der Waals surface area contributed by atoms with Crippen molar-refractivity contribution in [1.82, 2.24) is 15.5 Å². The van der Waals surface area contributed by atoms with Gasteiger partial charge in [-0.3, -0.25) is 15.5 Å². The first-order valence-electron chi connectivity index (χ1n) is 16.4. The Bertz CT molecular complexity index is 1230. The second kappa shape index (κ2) is 18.2. The van der Waals surface area contributed by atoms with Gasteiger partial charge in [0.15, 0.2) is 0 Å². The van der Waals surface area contributed by atoms with Crippen molar-refractivity contribution in [3.8, 4) is 0 Å². The van der Waals surface area contributed by atoms with Crippen molar-refractivity contribution in [2.75, 3.05) is 18.5 Å². The minimum Gasteiger partial charge on any atom is -0.444 e. The molecule has 0 bridgehead atoms. The molecule has 0 radical (unpaired) electrons. The Hall–Kier alpha value is -4.08. The van der Waals surface area contributed by atoms with Crippen molar-refractivity contribution in [1.29, 1.82) is 0 Å². The van der Waals surface area contributed by atoms with Gasteiger partial charge in [0.1, 0.15) is 11.2 Å². The molecule has 46 heavy (non-hydrogen) atoms. The Morgan fingerprint density at radius 2 is 1.28 bits per heavy atom. The number of hydrogen-bond acceptors (Lipinski definition) is 6. The number of carbonyl (C=O) groups is 3. The van der Waals surface area contributed by atoms with Crippen molar-refractivity contribution in [2.45, 2.75) is 112 Å². The first-order valence-corrected chi connectivity index (χ1v) is 16.4. The molecule has 1 fully saturated rings. The fourth-order valence-electron chi connectivity index (χ4n) is 4.92. The summed E-state index contributed by atoms with van der Waals surface area (Å²) in [5, 5.41) is 5.00. The summed E-state index contributed by atoms with van der Waals surface area (Å²) in [5.74, 6) is 0.421. The molecule has 10 nitrogen and oxygen atoms in total. The number of ether oxygens (including phenoxy) is 2. The van der Waals surface area contributed by atoms with Crippen LogP contribution in [-0.4, -0.2) is 53.9 Å². The molecule has 2 aromatic rings. The Morgan fingerprint density at radius 1 is 0.783 bits per heavy atom. The molecule has 254 valence electrons. The molecule has 1 aliphatic carbocycles. The van der Waals surface area contributed by atoms with Gasteiger partial charge >= 0.3 is 18.2 Å². The summed E-state index contributed by atoms with van der Waals surface area (Å²) in [7, 11) is 1.82. The van der Waals surface area contributed by atoms with Crippen molar-refractivity contribution in [3.63, 3.8) is 0 Å². The van der Waals surface area contributed by atoms with E-state index < -0.39 is 23.4 Å². The molecule has 2 aromatic carbocycles. The van der Waals surface area contributed by atoms with Gasteiger partial charge in [0.05, 0.1) is 6.54 Å². The minimum absolute atomic E-state index is 0.0264. The van der Waals surface area contributed by atoms with Gasteiger partial charge in [-0.2, -0.15) is 0 Å². The number of urea groups is 1. The van der Waals surface area contributed by atoms with E-state index in [0.717, 1.165) is 36.2 Å². The number of carbonyl (C=O) groups excluding carboxylic acids is 3. The lowest BCUT2D eigenvalue weighted by atomic mass is 9.89. The van der Waals surface area contributed by atoms with Crippen LogP contribution in [0.25, 0.3) is 0 Å². The molecular weight excluding hydrogens is 582 g/mol. The number of nitrogens with one attached hydrogen (secondary N) is 2. The van der Waals surface area contributed by atoms with E-state index in [4.69, 9.17) is 9.47 Å². The largest absolute Gasteiger partial charge is 0.444 e. The molecule has 0 saturated heterocycles. The summed E-state index contributed by atoms with van der Waals surface area (Å²) in [6.07, 6.45) is 4.49. The van der Waals surface area contributed by atoms with E-state index >= 15 is 0 Å². The van der Waals surface area contributed by atoms with Crippen LogP contribution in [0, 0.1) is 5.92 Å². The van der Waals surface area contributed by atoms with Crippen LogP contribution in [0.1, 0.15) is 98.6 Å². The highest BCUT2D eigenvalue weighted by Gasteiger charge is 2.25. The van der Waals surface area contributed by atoms with Crippen LogP contribution in [0.4, 0.5) is 20.1 Å². The van der Waals surface area contributed by atoms with Gasteiger partial charge in [-0.05, 0) is 83.6 Å². The van der Waals surface area contributed by atoms with Crippen molar-refractivity contribution in [2.24, 2.45) is 10.9 Å². The van der Waals surface area contributed by atoms with E-state index in [1.54, 1.807) is 46.4 Å². The number of nitrogens with zero attached hydrogens (tertiary/aromatic N) is 3. The zero-order valence-electron chi connectivity index (χ0n) is 29.3. The summed E-state index contributed by atoms with van der Waals surface area (Å²) in [5.41, 5.74) is 1.27. The Labute approximate surface area is 275 Å². The number of anilines is 1. The lowest BCUT2D eigenvalue weighted by Crippen LogP contribution is -2.47. The summed E-state index contributed by atoms with van der Waals surface area (Å²) in [4.78, 5) is 46.5. The predicted molar refractivity (Wildman–Crippen MR) is 185 cm³/mol. The van der Waals surface area contributed by atoms with Crippen LogP contribution >= 0.6 is 0 Å². The normalized spacial score (nSPS) is 13.3. The fraction of sp³-hybridized carbons (Fsp3) is 0.556. The molecule has 0 atom stereocenters. The molecule has 0 aliphatic heterocycles. The van der Waals surface area contributed by atoms with Gasteiger partial charge < -0.3 is 14.4 Å². The molecule has 0 aromatic heterocycles. The summed E-state index contributed by atoms with van der Waals surface area (Å²) >= 11 is 0. The van der Waals surface area contributed by atoms with Gasteiger partial charge in [-0.15, -0.1) is 0 Å². The fourth-order valence-corrected chi connectivity index (χ4v) is 4.92. The number of hydrogen-bond donors (Lipinski definition) is 2.